The predicted molar refractivity (Wildman–Crippen MR) is 68.7 cm³/mol. The van der Waals surface area contributed by atoms with Gasteiger partial charge in [-0.2, -0.15) is 0 Å². The Morgan fingerprint density at radius 2 is 2.29 bits per heavy atom. The zero-order valence-corrected chi connectivity index (χ0v) is 10.5. The van der Waals surface area contributed by atoms with Crippen molar-refractivity contribution in [3.63, 3.8) is 0 Å². The van der Waals surface area contributed by atoms with E-state index in [4.69, 9.17) is 0 Å². The van der Waals surface area contributed by atoms with Crippen LogP contribution in [0.3, 0.4) is 0 Å². The molecule has 0 spiro atoms. The van der Waals surface area contributed by atoms with Gasteiger partial charge in [0.2, 0.25) is 5.91 Å². The van der Waals surface area contributed by atoms with E-state index in [0.29, 0.717) is 6.54 Å². The van der Waals surface area contributed by atoms with Gasteiger partial charge in [0, 0.05) is 13.1 Å². The number of aryl methyl sites for hydroxylation is 2. The van der Waals surface area contributed by atoms with E-state index < -0.39 is 0 Å². The molecule has 1 aliphatic heterocycles. The van der Waals surface area contributed by atoms with Crippen molar-refractivity contribution in [3.05, 3.63) is 34.9 Å². The molecular formula is C14H20N2O. The molecule has 1 unspecified atom stereocenters. The first-order valence-electron chi connectivity index (χ1n) is 6.21. The molecule has 3 heteroatoms. The van der Waals surface area contributed by atoms with E-state index in [9.17, 15) is 4.79 Å². The third-order valence-electron chi connectivity index (χ3n) is 3.39. The van der Waals surface area contributed by atoms with Crippen LogP contribution in [0.15, 0.2) is 18.2 Å². The van der Waals surface area contributed by atoms with E-state index in [1.54, 1.807) is 0 Å². The summed E-state index contributed by atoms with van der Waals surface area (Å²) in [6.45, 7) is 6.58. The third kappa shape index (κ3) is 3.07. The number of nitrogens with one attached hydrogen (secondary N) is 2. The van der Waals surface area contributed by atoms with Gasteiger partial charge in [-0.3, -0.25) is 4.79 Å². The quantitative estimate of drug-likeness (QED) is 0.830. The number of amides is 1. The molecule has 0 aliphatic carbocycles. The Balaban J connectivity index is 1.92. The summed E-state index contributed by atoms with van der Waals surface area (Å²) < 4.78 is 0. The number of benzene rings is 1. The maximum atomic E-state index is 11.9. The SMILES string of the molecule is Cc1ccc(C)c(CNC(=O)C2CCNC2)c1. The second-order valence-electron chi connectivity index (χ2n) is 4.84. The van der Waals surface area contributed by atoms with Crippen molar-refractivity contribution in [2.45, 2.75) is 26.8 Å². The molecule has 0 aromatic heterocycles. The Morgan fingerprint density at radius 1 is 1.47 bits per heavy atom. The second-order valence-corrected chi connectivity index (χ2v) is 4.84. The molecule has 1 aliphatic rings. The first-order valence-corrected chi connectivity index (χ1v) is 6.21. The molecule has 1 heterocycles. The van der Waals surface area contributed by atoms with Crippen molar-refractivity contribution in [3.8, 4) is 0 Å². The molecule has 1 aromatic rings. The summed E-state index contributed by atoms with van der Waals surface area (Å²) in [5.41, 5.74) is 3.69. The zero-order chi connectivity index (χ0) is 12.3. The molecule has 0 saturated carbocycles. The van der Waals surface area contributed by atoms with Crippen LogP contribution in [0.25, 0.3) is 0 Å². The molecule has 1 saturated heterocycles. The summed E-state index contributed by atoms with van der Waals surface area (Å²) in [6.07, 6.45) is 0.957. The van der Waals surface area contributed by atoms with Gasteiger partial charge in [-0.05, 0) is 37.9 Å². The minimum Gasteiger partial charge on any atom is -0.352 e. The van der Waals surface area contributed by atoms with Gasteiger partial charge in [-0.25, -0.2) is 0 Å². The van der Waals surface area contributed by atoms with E-state index in [2.05, 4.69) is 42.7 Å². The van der Waals surface area contributed by atoms with Gasteiger partial charge in [-0.1, -0.05) is 23.8 Å². The summed E-state index contributed by atoms with van der Waals surface area (Å²) in [5.74, 6) is 0.330. The minimum atomic E-state index is 0.153. The molecule has 17 heavy (non-hydrogen) atoms. The highest BCUT2D eigenvalue weighted by molar-refractivity contribution is 5.79. The highest BCUT2D eigenvalue weighted by atomic mass is 16.1. The highest BCUT2D eigenvalue weighted by Crippen LogP contribution is 2.12. The fraction of sp³-hybridized carbons (Fsp3) is 0.500. The van der Waals surface area contributed by atoms with Crippen molar-refractivity contribution in [1.82, 2.24) is 10.6 Å². The van der Waals surface area contributed by atoms with Gasteiger partial charge in [0.1, 0.15) is 0 Å². The van der Waals surface area contributed by atoms with Crippen molar-refractivity contribution >= 4 is 5.91 Å². The van der Waals surface area contributed by atoms with Crippen LogP contribution in [0.2, 0.25) is 0 Å². The van der Waals surface area contributed by atoms with Crippen molar-refractivity contribution in [2.24, 2.45) is 5.92 Å². The van der Waals surface area contributed by atoms with Crippen LogP contribution in [-0.2, 0) is 11.3 Å². The number of carbonyl (C=O) groups excluding carboxylic acids is 1. The normalized spacial score (nSPS) is 19.3. The van der Waals surface area contributed by atoms with E-state index in [-0.39, 0.29) is 11.8 Å². The molecule has 2 rings (SSSR count). The number of carbonyl (C=O) groups is 1. The number of hydrogen-bond acceptors (Lipinski definition) is 2. The summed E-state index contributed by atoms with van der Waals surface area (Å²) in [5, 5.41) is 6.24. The lowest BCUT2D eigenvalue weighted by Gasteiger charge is -2.12. The molecule has 3 nitrogen and oxygen atoms in total. The lowest BCUT2D eigenvalue weighted by molar-refractivity contribution is -0.124. The summed E-state index contributed by atoms with van der Waals surface area (Å²) >= 11 is 0. The molecule has 0 radical (unpaired) electrons. The van der Waals surface area contributed by atoms with Crippen molar-refractivity contribution in [1.29, 1.82) is 0 Å². The van der Waals surface area contributed by atoms with Crippen LogP contribution in [0.4, 0.5) is 0 Å². The Morgan fingerprint density at radius 3 is 3.00 bits per heavy atom. The monoisotopic (exact) mass is 232 g/mol. The lowest BCUT2D eigenvalue weighted by Crippen LogP contribution is -2.31. The van der Waals surface area contributed by atoms with E-state index in [0.717, 1.165) is 19.5 Å². The Bertz CT molecular complexity index is 409. The van der Waals surface area contributed by atoms with Crippen LogP contribution in [0.5, 0.6) is 0 Å². The van der Waals surface area contributed by atoms with Gasteiger partial charge in [-0.15, -0.1) is 0 Å². The first kappa shape index (κ1) is 12.1. The topological polar surface area (TPSA) is 41.1 Å². The lowest BCUT2D eigenvalue weighted by atomic mass is 10.0. The molecule has 1 atom stereocenters. The maximum absolute atomic E-state index is 11.9. The van der Waals surface area contributed by atoms with Gasteiger partial charge in [0.05, 0.1) is 5.92 Å². The van der Waals surface area contributed by atoms with Crippen LogP contribution in [0.1, 0.15) is 23.1 Å². The summed E-state index contributed by atoms with van der Waals surface area (Å²) in [6, 6.07) is 6.35. The van der Waals surface area contributed by atoms with Crippen molar-refractivity contribution < 1.29 is 4.79 Å². The van der Waals surface area contributed by atoms with Crippen molar-refractivity contribution in [2.75, 3.05) is 13.1 Å². The Kier molecular flexibility index (Phi) is 3.79. The Labute approximate surface area is 103 Å². The van der Waals surface area contributed by atoms with Gasteiger partial charge in [0.15, 0.2) is 0 Å². The molecule has 92 valence electrons. The van der Waals surface area contributed by atoms with Crippen LogP contribution in [0, 0.1) is 19.8 Å². The van der Waals surface area contributed by atoms with Crippen LogP contribution >= 0.6 is 0 Å². The molecular weight excluding hydrogens is 212 g/mol. The molecule has 2 N–H and O–H groups in total. The highest BCUT2D eigenvalue weighted by Gasteiger charge is 2.21. The van der Waals surface area contributed by atoms with E-state index in [1.807, 2.05) is 0 Å². The van der Waals surface area contributed by atoms with Gasteiger partial charge >= 0.3 is 0 Å². The largest absolute Gasteiger partial charge is 0.352 e. The average Bonchev–Trinajstić information content (AvgIpc) is 2.83. The number of rotatable bonds is 3. The van der Waals surface area contributed by atoms with E-state index >= 15 is 0 Å². The maximum Gasteiger partial charge on any atom is 0.224 e. The smallest absolute Gasteiger partial charge is 0.224 e. The third-order valence-corrected chi connectivity index (χ3v) is 3.39. The molecule has 0 bridgehead atoms. The first-order chi connectivity index (χ1) is 8.16. The molecule has 1 amide bonds. The molecule has 1 fully saturated rings. The number of hydrogen-bond donors (Lipinski definition) is 2. The fourth-order valence-electron chi connectivity index (χ4n) is 2.20. The molecule has 1 aromatic carbocycles. The minimum absolute atomic E-state index is 0.153. The summed E-state index contributed by atoms with van der Waals surface area (Å²) in [4.78, 5) is 11.9. The van der Waals surface area contributed by atoms with Gasteiger partial charge < -0.3 is 10.6 Å². The second kappa shape index (κ2) is 5.32. The standard InChI is InChI=1S/C14H20N2O/c1-10-3-4-11(2)13(7-10)9-16-14(17)12-5-6-15-8-12/h3-4,7,12,15H,5-6,8-9H2,1-2H3,(H,16,17). The van der Waals surface area contributed by atoms with Gasteiger partial charge in [0.25, 0.3) is 0 Å². The predicted octanol–water partition coefficient (Wildman–Crippen LogP) is 1.53. The van der Waals surface area contributed by atoms with Crippen LogP contribution in [-0.4, -0.2) is 19.0 Å². The fourth-order valence-corrected chi connectivity index (χ4v) is 2.20. The van der Waals surface area contributed by atoms with Crippen LogP contribution < -0.4 is 10.6 Å². The zero-order valence-electron chi connectivity index (χ0n) is 10.5. The average molecular weight is 232 g/mol. The Hall–Kier alpha value is -1.35. The van der Waals surface area contributed by atoms with E-state index in [1.165, 1.54) is 16.7 Å². The summed E-state index contributed by atoms with van der Waals surface area (Å²) in [7, 11) is 0.